The minimum Gasteiger partial charge on any atom is -0.394 e. The molecule has 3 heterocycles. The lowest BCUT2D eigenvalue weighted by atomic mass is 10.0. The molecule has 0 radical (unpaired) electrons. The Bertz CT molecular complexity index is 1070. The maximum atomic E-state index is 9.38. The van der Waals surface area contributed by atoms with Gasteiger partial charge in [0.15, 0.2) is 17.0 Å². The zero-order valence-electron chi connectivity index (χ0n) is 19.4. The Hall–Kier alpha value is -2.55. The van der Waals surface area contributed by atoms with Gasteiger partial charge in [-0.05, 0) is 49.1 Å². The summed E-state index contributed by atoms with van der Waals surface area (Å²) in [6.07, 6.45) is 8.04. The van der Waals surface area contributed by atoms with Gasteiger partial charge in [-0.25, -0.2) is 15.0 Å². The molecule has 3 aromatic rings. The monoisotopic (exact) mass is 451 g/mol. The smallest absolute Gasteiger partial charge is 0.167 e. The van der Waals surface area contributed by atoms with E-state index in [9.17, 15) is 5.11 Å². The lowest BCUT2D eigenvalue weighted by Gasteiger charge is -2.22. The number of nitrogens with one attached hydrogen (secondary N) is 1. The van der Waals surface area contributed by atoms with E-state index in [1.54, 1.807) is 12.7 Å². The van der Waals surface area contributed by atoms with Crippen molar-refractivity contribution in [2.45, 2.75) is 83.0 Å². The van der Waals surface area contributed by atoms with Gasteiger partial charge < -0.3 is 19.9 Å². The number of rotatable bonds is 8. The average molecular weight is 452 g/mol. The van der Waals surface area contributed by atoms with Crippen LogP contribution in [0.25, 0.3) is 11.2 Å². The molecule has 176 valence electrons. The van der Waals surface area contributed by atoms with Crippen LogP contribution in [0.15, 0.2) is 36.9 Å². The second kappa shape index (κ2) is 9.75. The number of aromatic nitrogens is 4. The fourth-order valence-corrected chi connectivity index (χ4v) is 4.86. The molecule has 8 nitrogen and oxygen atoms in total. The minimum absolute atomic E-state index is 0.0376. The first-order valence-corrected chi connectivity index (χ1v) is 12.0. The van der Waals surface area contributed by atoms with Gasteiger partial charge in [0.05, 0.1) is 37.8 Å². The van der Waals surface area contributed by atoms with Gasteiger partial charge in [0.1, 0.15) is 12.6 Å². The first kappa shape index (κ1) is 22.3. The van der Waals surface area contributed by atoms with Crippen LogP contribution in [0.2, 0.25) is 0 Å². The number of hydrogen-bond donors (Lipinski definition) is 2. The third kappa shape index (κ3) is 4.74. The molecule has 1 aromatic carbocycles. The van der Waals surface area contributed by atoms with E-state index in [1.165, 1.54) is 11.1 Å². The van der Waals surface area contributed by atoms with Crippen LogP contribution in [-0.2, 0) is 16.1 Å². The molecule has 2 aliphatic rings. The van der Waals surface area contributed by atoms with E-state index in [4.69, 9.17) is 9.47 Å². The average Bonchev–Trinajstić information content (AvgIpc) is 3.57. The van der Waals surface area contributed by atoms with Crippen LogP contribution in [0.1, 0.15) is 69.2 Å². The van der Waals surface area contributed by atoms with E-state index in [0.29, 0.717) is 12.5 Å². The molecule has 1 aliphatic heterocycles. The highest BCUT2D eigenvalue weighted by Crippen LogP contribution is 2.32. The summed E-state index contributed by atoms with van der Waals surface area (Å²) < 4.78 is 14.2. The summed E-state index contributed by atoms with van der Waals surface area (Å²) in [7, 11) is 0. The Morgan fingerprint density at radius 2 is 1.97 bits per heavy atom. The Balaban J connectivity index is 1.26. The van der Waals surface area contributed by atoms with Crippen molar-refractivity contribution in [1.82, 2.24) is 19.5 Å². The molecule has 2 N–H and O–H groups in total. The first-order chi connectivity index (χ1) is 16.1. The third-order valence-electron chi connectivity index (χ3n) is 6.84. The van der Waals surface area contributed by atoms with Gasteiger partial charge in [-0.15, -0.1) is 0 Å². The number of fused-ring (bicyclic) bond motifs is 1. The van der Waals surface area contributed by atoms with Crippen molar-refractivity contribution in [2.24, 2.45) is 0 Å². The van der Waals surface area contributed by atoms with Gasteiger partial charge in [0.2, 0.25) is 0 Å². The molecule has 1 aliphatic carbocycles. The summed E-state index contributed by atoms with van der Waals surface area (Å²) in [5.41, 5.74) is 4.03. The summed E-state index contributed by atoms with van der Waals surface area (Å²) in [6.45, 7) is 5.07. The number of nitrogens with zero attached hydrogens (tertiary/aromatic N) is 4. The van der Waals surface area contributed by atoms with Crippen LogP contribution in [0.3, 0.4) is 0 Å². The zero-order chi connectivity index (χ0) is 22.8. The van der Waals surface area contributed by atoms with Gasteiger partial charge >= 0.3 is 0 Å². The molecule has 1 unspecified atom stereocenters. The van der Waals surface area contributed by atoms with Crippen molar-refractivity contribution in [2.75, 3.05) is 11.9 Å². The fraction of sp³-hybridized carbons (Fsp3) is 0.560. The summed E-state index contributed by atoms with van der Waals surface area (Å²) in [6, 6.07) is 8.90. The minimum atomic E-state index is -0.153. The number of anilines is 1. The van der Waals surface area contributed by atoms with Crippen molar-refractivity contribution >= 4 is 17.0 Å². The van der Waals surface area contributed by atoms with Crippen molar-refractivity contribution in [1.29, 1.82) is 0 Å². The van der Waals surface area contributed by atoms with Crippen molar-refractivity contribution in [3.05, 3.63) is 48.0 Å². The lowest BCUT2D eigenvalue weighted by molar-refractivity contribution is -0.0207. The molecule has 2 aromatic heterocycles. The molecule has 4 atom stereocenters. The summed E-state index contributed by atoms with van der Waals surface area (Å²) in [4.78, 5) is 13.5. The Morgan fingerprint density at radius 1 is 1.12 bits per heavy atom. The normalized spacial score (nSPS) is 25.3. The third-order valence-corrected chi connectivity index (χ3v) is 6.84. The highest BCUT2D eigenvalue weighted by molar-refractivity contribution is 5.82. The number of hydrogen-bond acceptors (Lipinski definition) is 7. The van der Waals surface area contributed by atoms with E-state index in [-0.39, 0.29) is 31.1 Å². The van der Waals surface area contributed by atoms with Gasteiger partial charge in [-0.2, -0.15) is 0 Å². The number of ether oxygens (including phenoxy) is 2. The Morgan fingerprint density at radius 3 is 2.73 bits per heavy atom. The lowest BCUT2D eigenvalue weighted by Crippen LogP contribution is -2.31. The van der Waals surface area contributed by atoms with Crippen LogP contribution in [0.4, 0.5) is 5.82 Å². The van der Waals surface area contributed by atoms with E-state index < -0.39 is 0 Å². The number of imidazole rings is 1. The molecular formula is C25H33N5O3. The molecule has 8 heteroatoms. The van der Waals surface area contributed by atoms with Crippen LogP contribution < -0.4 is 5.32 Å². The predicted octanol–water partition coefficient (Wildman–Crippen LogP) is 4.17. The molecule has 33 heavy (non-hydrogen) atoms. The second-order valence-corrected chi connectivity index (χ2v) is 9.45. The van der Waals surface area contributed by atoms with Crippen molar-refractivity contribution in [3.63, 3.8) is 0 Å². The van der Waals surface area contributed by atoms with E-state index in [0.717, 1.165) is 49.1 Å². The van der Waals surface area contributed by atoms with E-state index in [2.05, 4.69) is 58.4 Å². The highest BCUT2D eigenvalue weighted by Gasteiger charge is 2.31. The van der Waals surface area contributed by atoms with Crippen LogP contribution in [-0.4, -0.2) is 49.5 Å². The Labute approximate surface area is 194 Å². The van der Waals surface area contributed by atoms with E-state index in [1.807, 2.05) is 4.57 Å². The van der Waals surface area contributed by atoms with Gasteiger partial charge in [0, 0.05) is 0 Å². The molecule has 0 bridgehead atoms. The molecular weight excluding hydrogens is 418 g/mol. The predicted molar refractivity (Wildman–Crippen MR) is 126 cm³/mol. The van der Waals surface area contributed by atoms with Gasteiger partial charge in [-0.1, -0.05) is 38.1 Å². The van der Waals surface area contributed by atoms with Crippen molar-refractivity contribution < 1.29 is 14.6 Å². The maximum Gasteiger partial charge on any atom is 0.167 e. The molecule has 2 fully saturated rings. The first-order valence-electron chi connectivity index (χ1n) is 12.0. The molecule has 0 spiro atoms. The number of benzene rings is 1. The summed E-state index contributed by atoms with van der Waals surface area (Å²) in [5.74, 6) is 1.27. The van der Waals surface area contributed by atoms with Crippen LogP contribution in [0.5, 0.6) is 0 Å². The quantitative estimate of drug-likeness (QED) is 0.531. The molecule has 1 saturated heterocycles. The SMILES string of the molecule is CC(C)c1ccc(COC2CCC[C@H]2Nc2ncnc3c2ncn3[C@H]2CC[C@@H](CO)O2)cc1. The Kier molecular flexibility index (Phi) is 6.57. The summed E-state index contributed by atoms with van der Waals surface area (Å²) >= 11 is 0. The maximum absolute atomic E-state index is 9.38. The number of aliphatic hydroxyl groups excluding tert-OH is 1. The highest BCUT2D eigenvalue weighted by atomic mass is 16.5. The van der Waals surface area contributed by atoms with Crippen LogP contribution >= 0.6 is 0 Å². The molecule has 1 saturated carbocycles. The standard InChI is InChI=1S/C25H33N5O3/c1-16(2)18-8-6-17(7-9-18)13-32-21-5-3-4-20(21)29-24-23-25(27-14-26-24)30(15-28-23)22-11-10-19(12-31)33-22/h6-9,14-16,19-22,31H,3-5,10-13H2,1-2H3,(H,26,27,29)/t19-,20+,21?,22+/m0/s1. The molecule has 0 amide bonds. The van der Waals surface area contributed by atoms with E-state index >= 15 is 0 Å². The largest absolute Gasteiger partial charge is 0.394 e. The summed E-state index contributed by atoms with van der Waals surface area (Å²) in [5, 5.41) is 13.0. The molecule has 5 rings (SSSR count). The topological polar surface area (TPSA) is 94.3 Å². The fourth-order valence-electron chi connectivity index (χ4n) is 4.86. The van der Waals surface area contributed by atoms with Gasteiger partial charge in [0.25, 0.3) is 0 Å². The van der Waals surface area contributed by atoms with Crippen molar-refractivity contribution in [3.8, 4) is 0 Å². The zero-order valence-corrected chi connectivity index (χ0v) is 19.4. The second-order valence-electron chi connectivity index (χ2n) is 9.45. The number of aliphatic hydroxyl groups is 1. The van der Waals surface area contributed by atoms with Crippen LogP contribution in [0, 0.1) is 0 Å². The van der Waals surface area contributed by atoms with Gasteiger partial charge in [-0.3, -0.25) is 4.57 Å².